The van der Waals surface area contributed by atoms with Crippen LogP contribution in [0.3, 0.4) is 0 Å². The van der Waals surface area contributed by atoms with E-state index in [1.165, 1.54) is 17.2 Å². The van der Waals surface area contributed by atoms with Crippen molar-refractivity contribution in [1.82, 2.24) is 23.6 Å². The van der Waals surface area contributed by atoms with Gasteiger partial charge >= 0.3 is 5.69 Å². The molecular weight excluding hydrogens is 354 g/mol. The van der Waals surface area contributed by atoms with Gasteiger partial charge in [0.15, 0.2) is 11.2 Å². The van der Waals surface area contributed by atoms with Crippen LogP contribution in [0.15, 0.2) is 46.2 Å². The van der Waals surface area contributed by atoms with E-state index < -0.39 is 0 Å². The van der Waals surface area contributed by atoms with Gasteiger partial charge in [-0.05, 0) is 25.3 Å². The summed E-state index contributed by atoms with van der Waals surface area (Å²) in [5.74, 6) is 0.311. The Morgan fingerprint density at radius 3 is 2.36 bits per heavy atom. The van der Waals surface area contributed by atoms with Crippen molar-refractivity contribution in [3.8, 4) is 0 Å². The number of fused-ring (bicyclic) bond motifs is 1. The van der Waals surface area contributed by atoms with Crippen molar-refractivity contribution in [2.24, 2.45) is 20.0 Å². The molecule has 2 heterocycles. The summed E-state index contributed by atoms with van der Waals surface area (Å²) >= 11 is 0. The Hall–Kier alpha value is -2.67. The molecule has 3 aromatic rings. The molecule has 3 rings (SSSR count). The Labute approximate surface area is 164 Å². The number of benzene rings is 1. The van der Waals surface area contributed by atoms with Crippen LogP contribution in [-0.4, -0.2) is 36.2 Å². The van der Waals surface area contributed by atoms with Crippen molar-refractivity contribution in [3.63, 3.8) is 0 Å². The molecule has 7 nitrogen and oxygen atoms in total. The van der Waals surface area contributed by atoms with E-state index in [0.29, 0.717) is 29.7 Å². The molecule has 2 aromatic heterocycles. The first kappa shape index (κ1) is 20.1. The van der Waals surface area contributed by atoms with Crippen molar-refractivity contribution >= 4 is 11.2 Å². The van der Waals surface area contributed by atoms with Gasteiger partial charge in [0, 0.05) is 39.8 Å². The van der Waals surface area contributed by atoms with E-state index >= 15 is 0 Å². The fourth-order valence-electron chi connectivity index (χ4n) is 3.61. The van der Waals surface area contributed by atoms with Gasteiger partial charge in [0.25, 0.3) is 5.56 Å². The fraction of sp³-hybridized carbons (Fsp3) is 0.476. The number of hydrogen-bond donors (Lipinski definition) is 0. The second-order valence-electron chi connectivity index (χ2n) is 7.89. The van der Waals surface area contributed by atoms with E-state index in [2.05, 4.69) is 54.9 Å². The zero-order valence-electron chi connectivity index (χ0n) is 17.3. The van der Waals surface area contributed by atoms with Crippen LogP contribution in [-0.2, 0) is 27.2 Å². The molecule has 1 atom stereocenters. The molecule has 150 valence electrons. The average molecular weight is 383 g/mol. The quantitative estimate of drug-likeness (QED) is 0.626. The molecule has 0 aliphatic carbocycles. The van der Waals surface area contributed by atoms with E-state index in [-0.39, 0.29) is 11.2 Å². The van der Waals surface area contributed by atoms with Crippen LogP contribution in [0.2, 0.25) is 0 Å². The lowest BCUT2D eigenvalue weighted by Gasteiger charge is -2.29. The van der Waals surface area contributed by atoms with E-state index in [1.807, 2.05) is 10.6 Å². The van der Waals surface area contributed by atoms with Crippen LogP contribution in [0.1, 0.15) is 26.3 Å². The number of aryl methyl sites for hydroxylation is 1. The van der Waals surface area contributed by atoms with Crippen molar-refractivity contribution in [1.29, 1.82) is 0 Å². The predicted octanol–water partition coefficient (Wildman–Crippen LogP) is 1.98. The summed E-state index contributed by atoms with van der Waals surface area (Å²) in [6, 6.07) is 10.9. The SMILES string of the molecule is CC(CN(Cc1ccccc1)C(C)C)Cn1cnc2c1c(=O)n(C)c(=O)n2C. The monoisotopic (exact) mass is 383 g/mol. The third kappa shape index (κ3) is 3.94. The molecule has 1 aromatic carbocycles. The number of nitrogens with zero attached hydrogens (tertiary/aromatic N) is 5. The first-order valence-corrected chi connectivity index (χ1v) is 9.68. The first-order valence-electron chi connectivity index (χ1n) is 9.68. The topological polar surface area (TPSA) is 65.1 Å². The molecule has 0 fully saturated rings. The van der Waals surface area contributed by atoms with Gasteiger partial charge in [-0.3, -0.25) is 18.8 Å². The van der Waals surface area contributed by atoms with Gasteiger partial charge in [-0.15, -0.1) is 0 Å². The standard InChI is InChI=1S/C21H29N5O2/c1-15(2)25(13-17-9-7-6-8-10-17)11-16(3)12-26-14-22-19-18(26)20(27)24(5)21(28)23(19)4/h6-10,14-16H,11-13H2,1-5H3. The van der Waals surface area contributed by atoms with Gasteiger partial charge in [0.05, 0.1) is 6.33 Å². The molecule has 7 heteroatoms. The zero-order chi connectivity index (χ0) is 20.4. The zero-order valence-corrected chi connectivity index (χ0v) is 17.3. The summed E-state index contributed by atoms with van der Waals surface area (Å²) in [5, 5.41) is 0. The summed E-state index contributed by atoms with van der Waals surface area (Å²) in [5.41, 5.74) is 1.55. The molecular formula is C21H29N5O2. The maximum Gasteiger partial charge on any atom is 0.332 e. The number of rotatable bonds is 7. The minimum Gasteiger partial charge on any atom is -0.324 e. The minimum absolute atomic E-state index is 0.298. The molecule has 0 aliphatic heterocycles. The Morgan fingerprint density at radius 2 is 1.71 bits per heavy atom. The second-order valence-corrected chi connectivity index (χ2v) is 7.89. The number of aromatic nitrogens is 4. The fourth-order valence-corrected chi connectivity index (χ4v) is 3.61. The molecule has 0 amide bonds. The third-order valence-corrected chi connectivity index (χ3v) is 5.23. The summed E-state index contributed by atoms with van der Waals surface area (Å²) in [6.45, 7) is 9.05. The lowest BCUT2D eigenvalue weighted by atomic mass is 10.1. The van der Waals surface area contributed by atoms with Gasteiger partial charge < -0.3 is 4.57 Å². The first-order chi connectivity index (χ1) is 13.3. The van der Waals surface area contributed by atoms with E-state index in [1.54, 1.807) is 13.4 Å². The van der Waals surface area contributed by atoms with Crippen molar-refractivity contribution < 1.29 is 0 Å². The molecule has 0 aliphatic rings. The van der Waals surface area contributed by atoms with Gasteiger partial charge in [-0.2, -0.15) is 0 Å². The highest BCUT2D eigenvalue weighted by Crippen LogP contribution is 2.14. The smallest absolute Gasteiger partial charge is 0.324 e. The van der Waals surface area contributed by atoms with Crippen LogP contribution in [0.25, 0.3) is 11.2 Å². The highest BCUT2D eigenvalue weighted by molar-refractivity contribution is 5.69. The van der Waals surface area contributed by atoms with Crippen LogP contribution in [0.5, 0.6) is 0 Å². The number of hydrogen-bond acceptors (Lipinski definition) is 4. The van der Waals surface area contributed by atoms with Gasteiger partial charge in [-0.1, -0.05) is 37.3 Å². The largest absolute Gasteiger partial charge is 0.332 e. The van der Waals surface area contributed by atoms with Crippen molar-refractivity contribution in [2.45, 2.75) is 39.9 Å². The van der Waals surface area contributed by atoms with Crippen molar-refractivity contribution in [3.05, 3.63) is 63.1 Å². The van der Waals surface area contributed by atoms with Crippen LogP contribution < -0.4 is 11.2 Å². The lowest BCUT2D eigenvalue weighted by molar-refractivity contribution is 0.177. The van der Waals surface area contributed by atoms with E-state index in [9.17, 15) is 9.59 Å². The molecule has 0 spiro atoms. The lowest BCUT2D eigenvalue weighted by Crippen LogP contribution is -2.38. The van der Waals surface area contributed by atoms with Crippen LogP contribution in [0, 0.1) is 5.92 Å². The maximum absolute atomic E-state index is 12.6. The van der Waals surface area contributed by atoms with Crippen LogP contribution >= 0.6 is 0 Å². The Morgan fingerprint density at radius 1 is 1.04 bits per heavy atom. The highest BCUT2D eigenvalue weighted by atomic mass is 16.2. The summed E-state index contributed by atoms with van der Waals surface area (Å²) in [4.78, 5) is 31.5. The summed E-state index contributed by atoms with van der Waals surface area (Å²) < 4.78 is 4.44. The minimum atomic E-state index is -0.357. The highest BCUT2D eigenvalue weighted by Gasteiger charge is 2.18. The Balaban J connectivity index is 1.81. The molecule has 0 saturated carbocycles. The Kier molecular flexibility index (Phi) is 5.84. The number of imidazole rings is 1. The molecule has 0 radical (unpaired) electrons. The van der Waals surface area contributed by atoms with Crippen LogP contribution in [0.4, 0.5) is 0 Å². The predicted molar refractivity (Wildman–Crippen MR) is 111 cm³/mol. The summed E-state index contributed by atoms with van der Waals surface area (Å²) in [6.07, 6.45) is 1.67. The molecule has 0 N–H and O–H groups in total. The summed E-state index contributed by atoms with van der Waals surface area (Å²) in [7, 11) is 3.15. The second kappa shape index (κ2) is 8.14. The Bertz CT molecular complexity index is 1060. The van der Waals surface area contributed by atoms with Gasteiger partial charge in [0.2, 0.25) is 0 Å². The average Bonchev–Trinajstić information content (AvgIpc) is 3.08. The van der Waals surface area contributed by atoms with Crippen molar-refractivity contribution in [2.75, 3.05) is 6.54 Å². The van der Waals surface area contributed by atoms with E-state index in [0.717, 1.165) is 17.7 Å². The molecule has 0 saturated heterocycles. The molecule has 0 bridgehead atoms. The van der Waals surface area contributed by atoms with Gasteiger partial charge in [0.1, 0.15) is 0 Å². The van der Waals surface area contributed by atoms with E-state index in [4.69, 9.17) is 0 Å². The van der Waals surface area contributed by atoms with Gasteiger partial charge in [-0.25, -0.2) is 9.78 Å². The molecule has 1 unspecified atom stereocenters. The third-order valence-electron chi connectivity index (χ3n) is 5.23. The normalized spacial score (nSPS) is 13.0. The molecule has 28 heavy (non-hydrogen) atoms. The maximum atomic E-state index is 12.6.